The Kier molecular flexibility index (Phi) is 5.63. The number of hydrogen-bond donors (Lipinski definition) is 1. The van der Waals surface area contributed by atoms with Gasteiger partial charge in [-0.25, -0.2) is 0 Å². The second-order valence-corrected chi connectivity index (χ2v) is 5.26. The van der Waals surface area contributed by atoms with Gasteiger partial charge in [0.2, 0.25) is 0 Å². The summed E-state index contributed by atoms with van der Waals surface area (Å²) in [4.78, 5) is 0. The molecule has 0 aliphatic carbocycles. The zero-order valence-electron chi connectivity index (χ0n) is 10.7. The Morgan fingerprint density at radius 3 is 2.53 bits per heavy atom. The van der Waals surface area contributed by atoms with Gasteiger partial charge in [0, 0.05) is 17.5 Å². The van der Waals surface area contributed by atoms with E-state index in [0.717, 1.165) is 16.5 Å². The molecule has 0 fully saturated rings. The third kappa shape index (κ3) is 3.80. The monoisotopic (exact) mass is 300 g/mol. The van der Waals surface area contributed by atoms with Crippen LogP contribution in [0.2, 0.25) is 0 Å². The Morgan fingerprint density at radius 1 is 1.35 bits per heavy atom. The minimum absolute atomic E-state index is 0.468. The van der Waals surface area contributed by atoms with E-state index in [2.05, 4.69) is 15.9 Å². The molecule has 0 aromatic heterocycles. The van der Waals surface area contributed by atoms with Crippen LogP contribution in [0.4, 0.5) is 0 Å². The molecule has 1 rings (SSSR count). The Hall–Kier alpha value is -0.380. The van der Waals surface area contributed by atoms with Crippen molar-refractivity contribution in [3.63, 3.8) is 0 Å². The predicted octanol–water partition coefficient (Wildman–Crippen LogP) is 3.56. The van der Waals surface area contributed by atoms with Crippen LogP contribution in [0.15, 0.2) is 28.7 Å². The number of ether oxygens (including phenoxy) is 1. The van der Waals surface area contributed by atoms with E-state index in [1.54, 1.807) is 0 Å². The van der Waals surface area contributed by atoms with Crippen molar-refractivity contribution >= 4 is 15.9 Å². The molecule has 1 aromatic carbocycles. The van der Waals surface area contributed by atoms with Gasteiger partial charge in [-0.1, -0.05) is 41.1 Å². The van der Waals surface area contributed by atoms with Crippen molar-refractivity contribution in [3.05, 3.63) is 34.3 Å². The van der Waals surface area contributed by atoms with Crippen LogP contribution >= 0.6 is 15.9 Å². The third-order valence-electron chi connectivity index (χ3n) is 3.25. The first kappa shape index (κ1) is 14.7. The molecule has 2 unspecified atom stereocenters. The van der Waals surface area contributed by atoms with Crippen molar-refractivity contribution in [2.75, 3.05) is 6.61 Å². The van der Waals surface area contributed by atoms with Gasteiger partial charge in [-0.15, -0.1) is 0 Å². The summed E-state index contributed by atoms with van der Waals surface area (Å²) in [5, 5.41) is 10.3. The summed E-state index contributed by atoms with van der Waals surface area (Å²) >= 11 is 3.50. The van der Waals surface area contributed by atoms with Gasteiger partial charge in [-0.05, 0) is 31.9 Å². The van der Waals surface area contributed by atoms with Gasteiger partial charge in [0.25, 0.3) is 0 Å². The van der Waals surface area contributed by atoms with Crippen LogP contribution in [0.5, 0.6) is 0 Å². The fraction of sp³-hybridized carbons (Fsp3) is 0.571. The molecule has 0 saturated heterocycles. The lowest BCUT2D eigenvalue weighted by Crippen LogP contribution is -2.43. The molecule has 0 spiro atoms. The normalized spacial score (nSPS) is 16.5. The summed E-state index contributed by atoms with van der Waals surface area (Å²) in [5.74, 6) is 0. The van der Waals surface area contributed by atoms with E-state index >= 15 is 0 Å². The van der Waals surface area contributed by atoms with Crippen LogP contribution in [0, 0.1) is 0 Å². The fourth-order valence-corrected chi connectivity index (χ4v) is 2.30. The van der Waals surface area contributed by atoms with Gasteiger partial charge in [0.15, 0.2) is 0 Å². The van der Waals surface area contributed by atoms with Crippen molar-refractivity contribution in [2.45, 2.75) is 45.3 Å². The largest absolute Gasteiger partial charge is 0.390 e. The standard InChI is InChI=1S/C14H21BrO2/c1-4-14(3,17-5-2)13(16)10-11-8-6-7-9-12(11)15/h6-9,13,16H,4-5,10H2,1-3H3. The molecule has 0 amide bonds. The van der Waals surface area contributed by atoms with Crippen molar-refractivity contribution < 1.29 is 9.84 Å². The predicted molar refractivity (Wildman–Crippen MR) is 74.2 cm³/mol. The summed E-state index contributed by atoms with van der Waals surface area (Å²) in [6.07, 6.45) is 0.907. The maximum atomic E-state index is 10.3. The lowest BCUT2D eigenvalue weighted by atomic mass is 9.91. The van der Waals surface area contributed by atoms with Gasteiger partial charge < -0.3 is 9.84 Å². The second kappa shape index (κ2) is 6.53. The van der Waals surface area contributed by atoms with E-state index in [4.69, 9.17) is 4.74 Å². The molecule has 2 atom stereocenters. The lowest BCUT2D eigenvalue weighted by molar-refractivity contribution is -0.110. The minimum Gasteiger partial charge on any atom is -0.390 e. The Bertz CT molecular complexity index is 354. The van der Waals surface area contributed by atoms with Crippen LogP contribution in [0.25, 0.3) is 0 Å². The lowest BCUT2D eigenvalue weighted by Gasteiger charge is -2.33. The van der Waals surface area contributed by atoms with Gasteiger partial charge >= 0.3 is 0 Å². The molecule has 2 nitrogen and oxygen atoms in total. The number of rotatable bonds is 6. The molecule has 17 heavy (non-hydrogen) atoms. The number of aliphatic hydroxyl groups is 1. The molecule has 1 aromatic rings. The van der Waals surface area contributed by atoms with Crippen LogP contribution in [-0.4, -0.2) is 23.4 Å². The van der Waals surface area contributed by atoms with Gasteiger partial charge in [0.05, 0.1) is 11.7 Å². The number of halogens is 1. The van der Waals surface area contributed by atoms with Crippen LogP contribution in [-0.2, 0) is 11.2 Å². The maximum Gasteiger partial charge on any atom is 0.0912 e. The summed E-state index contributed by atoms with van der Waals surface area (Å²) in [6, 6.07) is 7.97. The zero-order chi connectivity index (χ0) is 12.9. The van der Waals surface area contributed by atoms with Gasteiger partial charge in [-0.3, -0.25) is 0 Å². The highest BCUT2D eigenvalue weighted by atomic mass is 79.9. The summed E-state index contributed by atoms with van der Waals surface area (Å²) in [7, 11) is 0. The number of hydrogen-bond acceptors (Lipinski definition) is 2. The number of aliphatic hydroxyl groups excluding tert-OH is 1. The first-order valence-corrected chi connectivity index (χ1v) is 6.88. The molecular formula is C14H21BrO2. The molecular weight excluding hydrogens is 280 g/mol. The summed E-state index contributed by atoms with van der Waals surface area (Å²) < 4.78 is 6.72. The van der Waals surface area contributed by atoms with E-state index in [1.165, 1.54) is 0 Å². The van der Waals surface area contributed by atoms with Crippen molar-refractivity contribution in [1.82, 2.24) is 0 Å². The van der Waals surface area contributed by atoms with Gasteiger partial charge in [-0.2, -0.15) is 0 Å². The van der Waals surface area contributed by atoms with Gasteiger partial charge in [0.1, 0.15) is 0 Å². The third-order valence-corrected chi connectivity index (χ3v) is 4.03. The smallest absolute Gasteiger partial charge is 0.0912 e. The minimum atomic E-state index is -0.494. The number of benzene rings is 1. The van der Waals surface area contributed by atoms with Crippen LogP contribution < -0.4 is 0 Å². The van der Waals surface area contributed by atoms with Crippen molar-refractivity contribution in [1.29, 1.82) is 0 Å². The highest BCUT2D eigenvalue weighted by Gasteiger charge is 2.32. The van der Waals surface area contributed by atoms with E-state index in [-0.39, 0.29) is 0 Å². The zero-order valence-corrected chi connectivity index (χ0v) is 12.3. The Labute approximate surface area is 112 Å². The quantitative estimate of drug-likeness (QED) is 0.870. The first-order chi connectivity index (χ1) is 8.03. The van der Waals surface area contributed by atoms with E-state index < -0.39 is 11.7 Å². The average Bonchev–Trinajstić information content (AvgIpc) is 2.32. The van der Waals surface area contributed by atoms with Crippen LogP contribution in [0.1, 0.15) is 32.8 Å². The maximum absolute atomic E-state index is 10.3. The molecule has 0 heterocycles. The average molecular weight is 301 g/mol. The highest BCUT2D eigenvalue weighted by Crippen LogP contribution is 2.25. The van der Waals surface area contributed by atoms with E-state index in [9.17, 15) is 5.11 Å². The van der Waals surface area contributed by atoms with Crippen molar-refractivity contribution in [3.8, 4) is 0 Å². The fourth-order valence-electron chi connectivity index (χ4n) is 1.85. The van der Waals surface area contributed by atoms with E-state index in [1.807, 2.05) is 45.0 Å². The molecule has 96 valence electrons. The van der Waals surface area contributed by atoms with E-state index in [0.29, 0.717) is 13.0 Å². The highest BCUT2D eigenvalue weighted by molar-refractivity contribution is 9.10. The molecule has 1 N–H and O–H groups in total. The molecule has 0 bridgehead atoms. The molecule has 3 heteroatoms. The molecule has 0 aliphatic rings. The second-order valence-electron chi connectivity index (χ2n) is 4.41. The van der Waals surface area contributed by atoms with Crippen molar-refractivity contribution in [2.24, 2.45) is 0 Å². The Balaban J connectivity index is 2.77. The Morgan fingerprint density at radius 2 is 2.00 bits per heavy atom. The molecule has 0 saturated carbocycles. The molecule has 0 aliphatic heterocycles. The first-order valence-electron chi connectivity index (χ1n) is 6.09. The SMILES string of the molecule is CCOC(C)(CC)C(O)Cc1ccccc1Br. The molecule has 0 radical (unpaired) electrons. The summed E-state index contributed by atoms with van der Waals surface area (Å²) in [6.45, 7) is 6.59. The van der Waals surface area contributed by atoms with Crippen LogP contribution in [0.3, 0.4) is 0 Å². The topological polar surface area (TPSA) is 29.5 Å². The summed E-state index contributed by atoms with van der Waals surface area (Å²) in [5.41, 5.74) is 0.642.